The average molecular weight is 435 g/mol. The second-order valence-electron chi connectivity index (χ2n) is 8.64. The first-order chi connectivity index (χ1) is 15.6. The molecule has 0 spiro atoms. The van der Waals surface area contributed by atoms with Crippen LogP contribution in [0.15, 0.2) is 36.4 Å². The molecule has 0 amide bonds. The zero-order chi connectivity index (χ0) is 22.5. The minimum atomic E-state index is 0.518. The molecule has 2 heterocycles. The Labute approximate surface area is 191 Å². The Morgan fingerprint density at radius 1 is 0.969 bits per heavy atom. The monoisotopic (exact) mass is 434 g/mol. The minimum Gasteiger partial charge on any atom is -0.493 e. The van der Waals surface area contributed by atoms with Crippen LogP contribution in [0.5, 0.6) is 11.5 Å². The lowest BCUT2D eigenvalue weighted by Crippen LogP contribution is -2.32. The van der Waals surface area contributed by atoms with Gasteiger partial charge in [0.05, 0.1) is 25.4 Å². The Bertz CT molecular complexity index is 1070. The molecule has 0 saturated carbocycles. The van der Waals surface area contributed by atoms with Gasteiger partial charge in [-0.3, -0.25) is 0 Å². The fourth-order valence-corrected chi connectivity index (χ4v) is 4.48. The second kappa shape index (κ2) is 10.2. The number of fused-ring (bicyclic) bond motifs is 1. The maximum absolute atomic E-state index is 5.42. The summed E-state index contributed by atoms with van der Waals surface area (Å²) in [5.41, 5.74) is 4.58. The van der Waals surface area contributed by atoms with Crippen LogP contribution >= 0.6 is 0 Å². The maximum atomic E-state index is 5.42. The van der Waals surface area contributed by atoms with Gasteiger partial charge in [0.1, 0.15) is 0 Å². The molecule has 1 aliphatic heterocycles. The van der Waals surface area contributed by atoms with Crippen LogP contribution in [0.2, 0.25) is 0 Å². The van der Waals surface area contributed by atoms with E-state index in [9.17, 15) is 0 Å². The number of nitrogens with one attached hydrogen (secondary N) is 1. The van der Waals surface area contributed by atoms with E-state index in [1.807, 2.05) is 6.07 Å². The highest BCUT2D eigenvalue weighted by molar-refractivity contribution is 5.82. The molecule has 1 fully saturated rings. The number of aryl methyl sites for hydroxylation is 2. The molecule has 1 saturated heterocycles. The van der Waals surface area contributed by atoms with Crippen molar-refractivity contribution in [2.24, 2.45) is 0 Å². The number of methoxy groups -OCH3 is 2. The number of anilines is 1. The molecule has 4 rings (SSSR count). The summed E-state index contributed by atoms with van der Waals surface area (Å²) in [6, 6.07) is 13.1. The van der Waals surface area contributed by atoms with Crippen molar-refractivity contribution in [3.63, 3.8) is 0 Å². The molecule has 0 aliphatic carbocycles. The van der Waals surface area contributed by atoms with Crippen LogP contribution in [0.1, 0.15) is 36.1 Å². The summed E-state index contributed by atoms with van der Waals surface area (Å²) < 4.78 is 10.8. The molecule has 0 unspecified atom stereocenters. The summed E-state index contributed by atoms with van der Waals surface area (Å²) in [4.78, 5) is 12.1. The minimum absolute atomic E-state index is 0.518. The van der Waals surface area contributed by atoms with Gasteiger partial charge in [0.25, 0.3) is 0 Å². The number of rotatable bonds is 7. The number of hydrogen-bond donors (Lipinski definition) is 1. The van der Waals surface area contributed by atoms with Gasteiger partial charge in [-0.1, -0.05) is 18.2 Å². The largest absolute Gasteiger partial charge is 0.493 e. The summed E-state index contributed by atoms with van der Waals surface area (Å²) in [5.74, 6) is 2.43. The van der Waals surface area contributed by atoms with E-state index < -0.39 is 0 Å². The van der Waals surface area contributed by atoms with Crippen molar-refractivity contribution in [3.8, 4) is 11.5 Å². The molecule has 1 aliphatic rings. The van der Waals surface area contributed by atoms with Gasteiger partial charge in [-0.25, -0.2) is 9.97 Å². The van der Waals surface area contributed by atoms with Gasteiger partial charge in [0.2, 0.25) is 5.95 Å². The predicted octanol–water partition coefficient (Wildman–Crippen LogP) is 4.46. The Kier molecular flexibility index (Phi) is 7.10. The topological polar surface area (TPSA) is 59.5 Å². The zero-order valence-electron chi connectivity index (χ0n) is 19.6. The Balaban J connectivity index is 1.34. The van der Waals surface area contributed by atoms with Gasteiger partial charge in [-0.15, -0.1) is 0 Å². The van der Waals surface area contributed by atoms with E-state index in [1.54, 1.807) is 14.2 Å². The molecule has 1 atom stereocenters. The smallest absolute Gasteiger partial charge is 0.226 e. The lowest BCUT2D eigenvalue weighted by atomic mass is 10.1. The van der Waals surface area contributed by atoms with Crippen LogP contribution in [-0.2, 0) is 6.42 Å². The van der Waals surface area contributed by atoms with Gasteiger partial charge in [0.15, 0.2) is 11.5 Å². The molecule has 0 bridgehead atoms. The van der Waals surface area contributed by atoms with E-state index in [4.69, 9.17) is 19.4 Å². The average Bonchev–Trinajstić information content (AvgIpc) is 3.04. The molecule has 2 aromatic carbocycles. The highest BCUT2D eigenvalue weighted by Crippen LogP contribution is 2.28. The Hall–Kier alpha value is -2.86. The normalized spacial score (nSPS) is 16.8. The van der Waals surface area contributed by atoms with Crippen LogP contribution in [-0.4, -0.2) is 49.9 Å². The molecule has 3 aromatic rings. The van der Waals surface area contributed by atoms with Crippen molar-refractivity contribution < 1.29 is 9.47 Å². The highest BCUT2D eigenvalue weighted by atomic mass is 16.5. The second-order valence-corrected chi connectivity index (χ2v) is 8.64. The maximum Gasteiger partial charge on any atom is 0.226 e. The van der Waals surface area contributed by atoms with Gasteiger partial charge >= 0.3 is 0 Å². The van der Waals surface area contributed by atoms with E-state index in [-0.39, 0.29) is 0 Å². The summed E-state index contributed by atoms with van der Waals surface area (Å²) in [6.45, 7) is 7.13. The molecule has 1 aromatic heterocycles. The van der Waals surface area contributed by atoms with Crippen molar-refractivity contribution in [3.05, 3.63) is 53.2 Å². The van der Waals surface area contributed by atoms with Crippen molar-refractivity contribution in [1.29, 1.82) is 0 Å². The summed E-state index contributed by atoms with van der Waals surface area (Å²) in [5, 5.41) is 4.90. The number of hydrogen-bond acceptors (Lipinski definition) is 6. The van der Waals surface area contributed by atoms with Crippen LogP contribution in [0.25, 0.3) is 10.9 Å². The van der Waals surface area contributed by atoms with Crippen molar-refractivity contribution in [1.82, 2.24) is 15.3 Å². The van der Waals surface area contributed by atoms with Gasteiger partial charge in [-0.2, -0.15) is 0 Å². The van der Waals surface area contributed by atoms with Gasteiger partial charge in [0, 0.05) is 24.5 Å². The van der Waals surface area contributed by atoms with E-state index in [2.05, 4.69) is 54.4 Å². The van der Waals surface area contributed by atoms with Crippen molar-refractivity contribution in [2.75, 3.05) is 38.8 Å². The van der Waals surface area contributed by atoms with Crippen LogP contribution < -0.4 is 19.7 Å². The number of aromatic nitrogens is 2. The molecule has 6 heteroatoms. The third kappa shape index (κ3) is 5.13. The molecular formula is C26H34N4O2. The zero-order valence-corrected chi connectivity index (χ0v) is 19.6. The van der Waals surface area contributed by atoms with Crippen LogP contribution in [0, 0.1) is 13.8 Å². The molecule has 6 nitrogen and oxygen atoms in total. The first-order valence-corrected chi connectivity index (χ1v) is 11.5. The quantitative estimate of drug-likeness (QED) is 0.593. The standard InChI is InChI=1S/C26H34N4O2/c1-18-7-9-22-19(2)28-26(29-23(22)16-18)30-14-5-6-21(12-15-30)27-13-11-20-8-10-24(31-3)25(17-20)32-4/h7-10,16-17,21,27H,5-6,11-15H2,1-4H3/t21-/m0/s1. The van der Waals surface area contributed by atoms with E-state index in [1.165, 1.54) is 17.5 Å². The number of nitrogens with zero attached hydrogens (tertiary/aromatic N) is 3. The summed E-state index contributed by atoms with van der Waals surface area (Å²) >= 11 is 0. The van der Waals surface area contributed by atoms with Crippen LogP contribution in [0.3, 0.4) is 0 Å². The molecular weight excluding hydrogens is 400 g/mol. The highest BCUT2D eigenvalue weighted by Gasteiger charge is 2.19. The van der Waals surface area contributed by atoms with Gasteiger partial charge < -0.3 is 19.7 Å². The SMILES string of the molecule is COc1ccc(CCN[C@H]2CCCN(c3nc(C)c4ccc(C)cc4n3)CC2)cc1OC. The molecule has 1 N–H and O–H groups in total. The van der Waals surface area contributed by atoms with E-state index in [0.717, 1.165) is 72.9 Å². The lowest BCUT2D eigenvalue weighted by Gasteiger charge is -2.22. The Morgan fingerprint density at radius 2 is 1.81 bits per heavy atom. The number of benzene rings is 2. The number of ether oxygens (including phenoxy) is 2. The summed E-state index contributed by atoms with van der Waals surface area (Å²) in [6.07, 6.45) is 4.38. The molecule has 0 radical (unpaired) electrons. The van der Waals surface area contributed by atoms with E-state index >= 15 is 0 Å². The predicted molar refractivity (Wildman–Crippen MR) is 130 cm³/mol. The van der Waals surface area contributed by atoms with Gasteiger partial charge in [-0.05, 0) is 75.4 Å². The van der Waals surface area contributed by atoms with E-state index in [0.29, 0.717) is 6.04 Å². The van der Waals surface area contributed by atoms with Crippen molar-refractivity contribution in [2.45, 2.75) is 45.6 Å². The van der Waals surface area contributed by atoms with Crippen molar-refractivity contribution >= 4 is 16.9 Å². The molecule has 170 valence electrons. The lowest BCUT2D eigenvalue weighted by molar-refractivity contribution is 0.354. The summed E-state index contributed by atoms with van der Waals surface area (Å²) in [7, 11) is 3.35. The third-order valence-corrected chi connectivity index (χ3v) is 6.34. The fourth-order valence-electron chi connectivity index (χ4n) is 4.48. The Morgan fingerprint density at radius 3 is 2.62 bits per heavy atom. The van der Waals surface area contributed by atoms with Crippen LogP contribution in [0.4, 0.5) is 5.95 Å². The molecule has 32 heavy (non-hydrogen) atoms. The first kappa shape index (κ1) is 22.3. The first-order valence-electron chi connectivity index (χ1n) is 11.5. The third-order valence-electron chi connectivity index (χ3n) is 6.34. The fraction of sp³-hybridized carbons (Fsp3) is 0.462.